The summed E-state index contributed by atoms with van der Waals surface area (Å²) in [6.45, 7) is 3.51. The molecule has 4 aromatic carbocycles. The molecular formula is C40H42F4N2O4S2. The average Bonchev–Trinajstić information content (AvgIpc) is 3.83. The van der Waals surface area contributed by atoms with Crippen LogP contribution in [0.1, 0.15) is 60.8 Å². The fourth-order valence-electron chi connectivity index (χ4n) is 8.49. The lowest BCUT2D eigenvalue weighted by Crippen LogP contribution is -2.38. The van der Waals surface area contributed by atoms with Gasteiger partial charge in [-0.3, -0.25) is 9.80 Å². The second-order valence-corrected chi connectivity index (χ2v) is 18.9. The van der Waals surface area contributed by atoms with Crippen molar-refractivity contribution in [2.45, 2.75) is 96.8 Å². The molecule has 276 valence electrons. The molecule has 0 N–H and O–H groups in total. The molecule has 4 aliphatic rings. The Morgan fingerprint density at radius 2 is 0.827 bits per heavy atom. The highest BCUT2D eigenvalue weighted by atomic mass is 32.2. The highest BCUT2D eigenvalue weighted by Crippen LogP contribution is 2.37. The van der Waals surface area contributed by atoms with Crippen LogP contribution in [0.5, 0.6) is 0 Å². The van der Waals surface area contributed by atoms with Gasteiger partial charge in [0.2, 0.25) is 0 Å². The summed E-state index contributed by atoms with van der Waals surface area (Å²) in [4.78, 5) is 4.21. The molecular weight excluding hydrogens is 713 g/mol. The molecule has 6 nitrogen and oxygen atoms in total. The largest absolute Gasteiger partial charge is 0.296 e. The van der Waals surface area contributed by atoms with Gasteiger partial charge in [0.1, 0.15) is 23.3 Å². The Bertz CT molecular complexity index is 1970. The van der Waals surface area contributed by atoms with Gasteiger partial charge in [-0.2, -0.15) is 0 Å². The number of benzene rings is 4. The first-order valence-corrected chi connectivity index (χ1v) is 21.0. The van der Waals surface area contributed by atoms with E-state index < -0.39 is 53.4 Å². The molecule has 0 unspecified atom stereocenters. The van der Waals surface area contributed by atoms with Gasteiger partial charge in [-0.05, 0) is 97.9 Å². The smallest absolute Gasteiger partial charge is 0.181 e. The molecule has 0 saturated heterocycles. The van der Waals surface area contributed by atoms with Crippen LogP contribution in [0, 0.1) is 23.3 Å². The van der Waals surface area contributed by atoms with E-state index in [2.05, 4.69) is 34.1 Å². The molecule has 2 fully saturated rings. The fraction of sp³-hybridized carbons (Fsp3) is 0.400. The Morgan fingerprint density at radius 1 is 0.481 bits per heavy atom. The Balaban J connectivity index is 0.000000162. The quantitative estimate of drug-likeness (QED) is 0.191. The Hall–Kier alpha value is -3.58. The number of fused-ring (bicyclic) bond motifs is 2. The average molecular weight is 755 g/mol. The summed E-state index contributed by atoms with van der Waals surface area (Å²) in [5.41, 5.74) is 5.33. The van der Waals surface area contributed by atoms with E-state index in [1.165, 1.54) is 22.3 Å². The molecule has 2 aliphatic carbocycles. The van der Waals surface area contributed by atoms with Crippen LogP contribution in [0.3, 0.4) is 0 Å². The van der Waals surface area contributed by atoms with E-state index in [-0.39, 0.29) is 21.9 Å². The highest BCUT2D eigenvalue weighted by molar-refractivity contribution is 7.92. The first-order valence-electron chi connectivity index (χ1n) is 17.9. The summed E-state index contributed by atoms with van der Waals surface area (Å²) in [7, 11) is -7.44. The van der Waals surface area contributed by atoms with Crippen molar-refractivity contribution in [2.75, 3.05) is 13.1 Å². The molecule has 0 bridgehead atoms. The maximum Gasteiger partial charge on any atom is 0.181 e. The molecule has 0 amide bonds. The molecule has 4 aromatic rings. The van der Waals surface area contributed by atoms with Gasteiger partial charge in [-0.25, -0.2) is 34.4 Å². The van der Waals surface area contributed by atoms with E-state index in [0.29, 0.717) is 37.8 Å². The molecule has 4 atom stereocenters. The molecule has 52 heavy (non-hydrogen) atoms. The molecule has 2 aliphatic heterocycles. The molecule has 0 radical (unpaired) electrons. The van der Waals surface area contributed by atoms with Crippen LogP contribution in [0.4, 0.5) is 17.6 Å². The summed E-state index contributed by atoms with van der Waals surface area (Å²) in [5.74, 6) is -3.42. The third-order valence-corrected chi connectivity index (χ3v) is 15.7. The van der Waals surface area contributed by atoms with Crippen LogP contribution in [-0.2, 0) is 45.6 Å². The van der Waals surface area contributed by atoms with Crippen molar-refractivity contribution in [2.24, 2.45) is 0 Å². The minimum absolute atomic E-state index is 0.196. The zero-order chi connectivity index (χ0) is 36.6. The van der Waals surface area contributed by atoms with Crippen molar-refractivity contribution < 1.29 is 34.4 Å². The predicted molar refractivity (Wildman–Crippen MR) is 191 cm³/mol. The second-order valence-electron chi connectivity index (χ2n) is 14.5. The lowest BCUT2D eigenvalue weighted by molar-refractivity contribution is 0.181. The number of rotatable bonds is 6. The summed E-state index contributed by atoms with van der Waals surface area (Å²) in [6.07, 6.45) is 5.63. The van der Waals surface area contributed by atoms with Crippen molar-refractivity contribution in [3.8, 4) is 0 Å². The van der Waals surface area contributed by atoms with Gasteiger partial charge in [0.05, 0.1) is 20.3 Å². The van der Waals surface area contributed by atoms with Crippen LogP contribution in [0.25, 0.3) is 0 Å². The van der Waals surface area contributed by atoms with Crippen molar-refractivity contribution in [3.63, 3.8) is 0 Å². The monoisotopic (exact) mass is 754 g/mol. The van der Waals surface area contributed by atoms with Gasteiger partial charge in [-0.1, -0.05) is 48.5 Å². The Labute approximate surface area is 303 Å². The number of hydrogen-bond donors (Lipinski definition) is 0. The van der Waals surface area contributed by atoms with Gasteiger partial charge in [0, 0.05) is 50.4 Å². The topological polar surface area (TPSA) is 74.8 Å². The van der Waals surface area contributed by atoms with E-state index in [1.807, 2.05) is 24.3 Å². The summed E-state index contributed by atoms with van der Waals surface area (Å²) >= 11 is 0. The maximum atomic E-state index is 13.4. The van der Waals surface area contributed by atoms with Gasteiger partial charge in [0.15, 0.2) is 19.7 Å². The molecule has 12 heteroatoms. The number of hydrogen-bond acceptors (Lipinski definition) is 6. The third-order valence-electron chi connectivity index (χ3n) is 11.3. The first-order chi connectivity index (χ1) is 24.9. The maximum absolute atomic E-state index is 13.4. The van der Waals surface area contributed by atoms with E-state index in [4.69, 9.17) is 0 Å². The van der Waals surface area contributed by atoms with Crippen LogP contribution in [0.15, 0.2) is 94.7 Å². The number of sulfone groups is 2. The van der Waals surface area contributed by atoms with Crippen molar-refractivity contribution in [3.05, 3.63) is 130 Å². The third kappa shape index (κ3) is 7.85. The lowest BCUT2D eigenvalue weighted by Gasteiger charge is -2.33. The second kappa shape index (κ2) is 15.0. The Kier molecular flexibility index (Phi) is 10.6. The van der Waals surface area contributed by atoms with Crippen molar-refractivity contribution in [1.29, 1.82) is 0 Å². The van der Waals surface area contributed by atoms with Crippen LogP contribution >= 0.6 is 0 Å². The van der Waals surface area contributed by atoms with E-state index in [0.717, 1.165) is 76.1 Å². The normalized spacial score (nSPS) is 23.8. The van der Waals surface area contributed by atoms with Gasteiger partial charge < -0.3 is 0 Å². The predicted octanol–water partition coefficient (Wildman–Crippen LogP) is 7.44. The molecule has 2 heterocycles. The molecule has 8 rings (SSSR count). The lowest BCUT2D eigenvalue weighted by atomic mass is 9.98. The van der Waals surface area contributed by atoms with Gasteiger partial charge in [0.25, 0.3) is 0 Å². The van der Waals surface area contributed by atoms with E-state index in [1.54, 1.807) is 0 Å². The highest BCUT2D eigenvalue weighted by Gasteiger charge is 2.40. The SMILES string of the molecule is O=S(=O)(c1cc(F)cc(F)c1)[C@@H]1CC[C@@H](N2CCc3ccccc3C2)C1.O=S(=O)(c1cc(F)cc(F)c1)[C@@H]1CC[C@@H](N2CCc3ccccc3C2)C1. The zero-order valence-electron chi connectivity index (χ0n) is 28.7. The number of halogens is 4. The Morgan fingerprint density at radius 3 is 1.19 bits per heavy atom. The fourth-order valence-corrected chi connectivity index (χ4v) is 12.2. The number of nitrogens with zero attached hydrogens (tertiary/aromatic N) is 2. The van der Waals surface area contributed by atoms with Crippen molar-refractivity contribution >= 4 is 19.7 Å². The van der Waals surface area contributed by atoms with E-state index in [9.17, 15) is 34.4 Å². The first kappa shape index (κ1) is 36.8. The standard InChI is InChI=1S/2C20H21F2NO2S/c2*21-16-9-17(22)11-20(10-16)26(24,25)19-6-5-18(12-19)23-8-7-14-3-1-2-4-15(14)13-23/h2*1-4,9-11,18-19H,5-8,12-13H2/t2*18-,19-/m11/s1. The van der Waals surface area contributed by atoms with Crippen LogP contribution < -0.4 is 0 Å². The van der Waals surface area contributed by atoms with Crippen molar-refractivity contribution in [1.82, 2.24) is 9.80 Å². The van der Waals surface area contributed by atoms with Crippen LogP contribution in [0.2, 0.25) is 0 Å². The van der Waals surface area contributed by atoms with Gasteiger partial charge in [-0.15, -0.1) is 0 Å². The zero-order valence-corrected chi connectivity index (χ0v) is 30.4. The summed E-state index contributed by atoms with van der Waals surface area (Å²) in [5, 5.41) is -1.16. The summed E-state index contributed by atoms with van der Waals surface area (Å²) in [6, 6.07) is 22.2. The molecule has 2 saturated carbocycles. The summed E-state index contributed by atoms with van der Waals surface area (Å²) < 4.78 is 105. The minimum Gasteiger partial charge on any atom is -0.296 e. The van der Waals surface area contributed by atoms with Gasteiger partial charge >= 0.3 is 0 Å². The minimum atomic E-state index is -3.72. The van der Waals surface area contributed by atoms with Crippen LogP contribution in [-0.4, -0.2) is 62.3 Å². The molecule has 0 aromatic heterocycles. The van der Waals surface area contributed by atoms with E-state index >= 15 is 0 Å². The molecule has 0 spiro atoms.